The van der Waals surface area contributed by atoms with Crippen molar-refractivity contribution in [2.75, 3.05) is 52.4 Å². The molecule has 1 aliphatic heterocycles. The van der Waals surface area contributed by atoms with E-state index in [4.69, 9.17) is 11.5 Å². The summed E-state index contributed by atoms with van der Waals surface area (Å²) in [5, 5.41) is 3.35. The summed E-state index contributed by atoms with van der Waals surface area (Å²) in [6.45, 7) is 10.2. The first kappa shape index (κ1) is 12.9. The maximum atomic E-state index is 5.88. The van der Waals surface area contributed by atoms with Gasteiger partial charge in [0.2, 0.25) is 0 Å². The van der Waals surface area contributed by atoms with Gasteiger partial charge >= 0.3 is 0 Å². The molecule has 0 amide bonds. The molecule has 1 unspecified atom stereocenters. The summed E-state index contributed by atoms with van der Waals surface area (Å²) in [4.78, 5) is 4.71. The van der Waals surface area contributed by atoms with E-state index in [1.54, 1.807) is 0 Å². The normalized spacial score (nSPS) is 20.8. The van der Waals surface area contributed by atoms with E-state index in [2.05, 4.69) is 15.1 Å². The van der Waals surface area contributed by atoms with E-state index in [9.17, 15) is 0 Å². The van der Waals surface area contributed by atoms with Crippen molar-refractivity contribution < 1.29 is 0 Å². The van der Waals surface area contributed by atoms with Gasteiger partial charge in [0, 0.05) is 52.4 Å². The standard InChI is InChI=1S/C10H25N5/c1-10(12)15(5-2-11)9-8-14-6-3-13-4-7-14/h10,13H,2-9,11-12H2,1H3. The number of nitrogens with one attached hydrogen (secondary N) is 1. The summed E-state index contributed by atoms with van der Waals surface area (Å²) in [5.74, 6) is 0. The van der Waals surface area contributed by atoms with Gasteiger partial charge in [-0.3, -0.25) is 9.80 Å². The van der Waals surface area contributed by atoms with Gasteiger partial charge in [0.1, 0.15) is 0 Å². The molecule has 5 heteroatoms. The van der Waals surface area contributed by atoms with Gasteiger partial charge in [-0.15, -0.1) is 0 Å². The second-order valence-corrected chi connectivity index (χ2v) is 4.16. The Bertz CT molecular complexity index is 156. The van der Waals surface area contributed by atoms with Crippen LogP contribution in [0.25, 0.3) is 0 Å². The third-order valence-electron chi connectivity index (χ3n) is 2.91. The molecule has 5 N–H and O–H groups in total. The predicted octanol–water partition coefficient (Wildman–Crippen LogP) is -1.54. The van der Waals surface area contributed by atoms with Gasteiger partial charge in [0.15, 0.2) is 0 Å². The smallest absolute Gasteiger partial charge is 0.0543 e. The number of piperazine rings is 1. The summed E-state index contributed by atoms with van der Waals surface area (Å²) in [6.07, 6.45) is 0.108. The van der Waals surface area contributed by atoms with Crippen molar-refractivity contribution in [3.63, 3.8) is 0 Å². The highest BCUT2D eigenvalue weighted by Gasteiger charge is 2.13. The Morgan fingerprint density at radius 2 is 2.00 bits per heavy atom. The summed E-state index contributed by atoms with van der Waals surface area (Å²) in [5.41, 5.74) is 11.4. The Kier molecular flexibility index (Phi) is 6.12. The van der Waals surface area contributed by atoms with Gasteiger partial charge in [-0.1, -0.05) is 0 Å². The third-order valence-corrected chi connectivity index (χ3v) is 2.91. The molecule has 1 aliphatic rings. The van der Waals surface area contributed by atoms with Gasteiger partial charge in [0.05, 0.1) is 6.17 Å². The summed E-state index contributed by atoms with van der Waals surface area (Å²) in [7, 11) is 0. The maximum Gasteiger partial charge on any atom is 0.0543 e. The van der Waals surface area contributed by atoms with E-state index in [0.29, 0.717) is 6.54 Å². The molecule has 0 aromatic rings. The van der Waals surface area contributed by atoms with E-state index in [-0.39, 0.29) is 6.17 Å². The van der Waals surface area contributed by atoms with Gasteiger partial charge in [0.25, 0.3) is 0 Å². The molecule has 0 spiro atoms. The van der Waals surface area contributed by atoms with Crippen LogP contribution < -0.4 is 16.8 Å². The lowest BCUT2D eigenvalue weighted by Gasteiger charge is -2.31. The number of nitrogens with zero attached hydrogens (tertiary/aromatic N) is 2. The molecule has 5 nitrogen and oxygen atoms in total. The summed E-state index contributed by atoms with van der Waals surface area (Å²) >= 11 is 0. The lowest BCUT2D eigenvalue weighted by Crippen LogP contribution is -2.49. The lowest BCUT2D eigenvalue weighted by atomic mass is 10.3. The SMILES string of the molecule is CC(N)N(CCN)CCN1CCNCC1. The van der Waals surface area contributed by atoms with Crippen molar-refractivity contribution in [2.45, 2.75) is 13.1 Å². The monoisotopic (exact) mass is 215 g/mol. The molecule has 0 saturated carbocycles. The molecule has 0 aromatic heterocycles. The average molecular weight is 215 g/mol. The van der Waals surface area contributed by atoms with Crippen LogP contribution in [0.15, 0.2) is 0 Å². The van der Waals surface area contributed by atoms with Crippen LogP contribution in [-0.4, -0.2) is 68.3 Å². The van der Waals surface area contributed by atoms with Crippen LogP contribution in [0.2, 0.25) is 0 Å². The van der Waals surface area contributed by atoms with Crippen molar-refractivity contribution in [1.82, 2.24) is 15.1 Å². The topological polar surface area (TPSA) is 70.5 Å². The van der Waals surface area contributed by atoms with E-state index < -0.39 is 0 Å². The second-order valence-electron chi connectivity index (χ2n) is 4.16. The number of hydrogen-bond donors (Lipinski definition) is 3. The third kappa shape index (κ3) is 4.90. The molecule has 15 heavy (non-hydrogen) atoms. The molecule has 1 heterocycles. The Labute approximate surface area is 92.8 Å². The van der Waals surface area contributed by atoms with Gasteiger partial charge in [-0.2, -0.15) is 0 Å². The first-order valence-electron chi connectivity index (χ1n) is 5.87. The fraction of sp³-hybridized carbons (Fsp3) is 1.00. The summed E-state index contributed by atoms with van der Waals surface area (Å²) in [6, 6.07) is 0. The van der Waals surface area contributed by atoms with Crippen molar-refractivity contribution >= 4 is 0 Å². The largest absolute Gasteiger partial charge is 0.329 e. The van der Waals surface area contributed by atoms with E-state index in [1.807, 2.05) is 6.92 Å². The molecule has 1 rings (SSSR count). The lowest BCUT2D eigenvalue weighted by molar-refractivity contribution is 0.164. The van der Waals surface area contributed by atoms with Gasteiger partial charge in [-0.25, -0.2) is 0 Å². The molecule has 0 aromatic carbocycles. The highest BCUT2D eigenvalue weighted by atomic mass is 15.3. The number of nitrogens with two attached hydrogens (primary N) is 2. The number of hydrogen-bond acceptors (Lipinski definition) is 5. The zero-order valence-corrected chi connectivity index (χ0v) is 9.78. The zero-order valence-electron chi connectivity index (χ0n) is 9.78. The maximum absolute atomic E-state index is 5.88. The van der Waals surface area contributed by atoms with Crippen molar-refractivity contribution in [1.29, 1.82) is 0 Å². The molecular formula is C10H25N5. The highest BCUT2D eigenvalue weighted by Crippen LogP contribution is 1.96. The zero-order chi connectivity index (χ0) is 11.1. The average Bonchev–Trinajstić information content (AvgIpc) is 2.25. The van der Waals surface area contributed by atoms with Crippen molar-refractivity contribution in [3.05, 3.63) is 0 Å². The second kappa shape index (κ2) is 7.14. The predicted molar refractivity (Wildman–Crippen MR) is 63.6 cm³/mol. The fourth-order valence-corrected chi connectivity index (χ4v) is 1.89. The Morgan fingerprint density at radius 1 is 1.33 bits per heavy atom. The molecule has 1 saturated heterocycles. The molecule has 0 bridgehead atoms. The Morgan fingerprint density at radius 3 is 2.53 bits per heavy atom. The molecule has 90 valence electrons. The first-order chi connectivity index (χ1) is 7.24. The van der Waals surface area contributed by atoms with E-state index in [1.165, 1.54) is 0 Å². The Balaban J connectivity index is 2.19. The highest BCUT2D eigenvalue weighted by molar-refractivity contribution is 4.70. The van der Waals surface area contributed by atoms with Crippen LogP contribution in [0, 0.1) is 0 Å². The minimum Gasteiger partial charge on any atom is -0.329 e. The van der Waals surface area contributed by atoms with Crippen LogP contribution in [0.1, 0.15) is 6.92 Å². The van der Waals surface area contributed by atoms with Crippen LogP contribution in [-0.2, 0) is 0 Å². The molecular weight excluding hydrogens is 190 g/mol. The first-order valence-corrected chi connectivity index (χ1v) is 5.87. The van der Waals surface area contributed by atoms with Crippen molar-refractivity contribution in [2.24, 2.45) is 11.5 Å². The van der Waals surface area contributed by atoms with Gasteiger partial charge in [-0.05, 0) is 6.92 Å². The van der Waals surface area contributed by atoms with Crippen molar-refractivity contribution in [3.8, 4) is 0 Å². The van der Waals surface area contributed by atoms with Crippen LogP contribution in [0.3, 0.4) is 0 Å². The molecule has 0 aliphatic carbocycles. The van der Waals surface area contributed by atoms with E-state index >= 15 is 0 Å². The van der Waals surface area contributed by atoms with Crippen LogP contribution >= 0.6 is 0 Å². The quantitative estimate of drug-likeness (QED) is 0.468. The summed E-state index contributed by atoms with van der Waals surface area (Å²) < 4.78 is 0. The van der Waals surface area contributed by atoms with E-state index in [0.717, 1.165) is 45.8 Å². The van der Waals surface area contributed by atoms with Crippen LogP contribution in [0.4, 0.5) is 0 Å². The minimum absolute atomic E-state index is 0.108. The van der Waals surface area contributed by atoms with Crippen LogP contribution in [0.5, 0.6) is 0 Å². The minimum atomic E-state index is 0.108. The Hall–Kier alpha value is -0.200. The molecule has 0 radical (unpaired) electrons. The molecule has 1 fully saturated rings. The van der Waals surface area contributed by atoms with Gasteiger partial charge < -0.3 is 16.8 Å². The molecule has 1 atom stereocenters. The number of rotatable bonds is 6. The fourth-order valence-electron chi connectivity index (χ4n) is 1.89.